The average molecular weight is 1050 g/mol. The molecule has 0 aliphatic heterocycles. The van der Waals surface area contributed by atoms with Gasteiger partial charge in [-0.1, -0.05) is 87.2 Å². The molecule has 62 heavy (non-hydrogen) atoms. The largest absolute Gasteiger partial charge is 0 e. The molecule has 0 atom stereocenters. The van der Waals surface area contributed by atoms with Crippen molar-refractivity contribution in [1.82, 2.24) is 14.5 Å². The molecule has 12 rings (SSSR count). The number of hydrogen-bond acceptors (Lipinski definition) is 3. The minimum atomic E-state index is -1.94. The maximum Gasteiger partial charge on any atom is 0 e. The number of hydrogen-bond donors (Lipinski definition) is 0. The molecule has 4 aliphatic carbocycles. The topological polar surface area (TPSA) is 43.9 Å². The molecule has 5 aromatic carbocycles. The molecule has 0 spiro atoms. The number of para-hydroxylation sites is 4. The normalized spacial score (nSPS) is 20.6. The average Bonchev–Trinajstić information content (AvgIpc) is 3.83. The van der Waals surface area contributed by atoms with Gasteiger partial charge in [-0.05, 0) is 41.2 Å². The predicted molar refractivity (Wildman–Crippen MR) is 257 cm³/mol. The standard InChI is InChI=1S/C31H27N2O.C25H32GeN.Ir/c1-19(2)21-12-9-13-22(20(3)4)29(21)33-27-17-7-6-16-26(27)32-31(33)25-15-10-14-24-23-11-5-8-18-28(23)34-30(24)25;1-26(2,3)24-16-27-25(19-7-5-4-6-8-19)15-22(24)14-23-20-10-17-9-18(12-20)13-21(23)11-17;/h5-14,16-20H,1-4H3;4-7,15-18,20-21,23H,9-14H2,1-3H3;/q2*-1;. The number of furan rings is 1. The molecule has 3 heterocycles. The summed E-state index contributed by atoms with van der Waals surface area (Å²) in [7, 11) is 0. The third kappa shape index (κ3) is 7.96. The molecule has 8 aromatic rings. The third-order valence-electron chi connectivity index (χ3n) is 14.3. The molecule has 0 saturated heterocycles. The van der Waals surface area contributed by atoms with Crippen LogP contribution in [0.1, 0.15) is 88.3 Å². The van der Waals surface area contributed by atoms with Crippen LogP contribution < -0.4 is 4.40 Å². The van der Waals surface area contributed by atoms with Gasteiger partial charge in [0.25, 0.3) is 0 Å². The van der Waals surface area contributed by atoms with Crippen LogP contribution in [0.4, 0.5) is 0 Å². The van der Waals surface area contributed by atoms with Crippen LogP contribution in [0.15, 0.2) is 120 Å². The fourth-order valence-corrected chi connectivity index (χ4v) is 15.0. The molecule has 4 bridgehead atoms. The van der Waals surface area contributed by atoms with Crippen LogP contribution in [0.2, 0.25) is 17.3 Å². The van der Waals surface area contributed by atoms with E-state index < -0.39 is 13.3 Å². The number of pyridine rings is 1. The van der Waals surface area contributed by atoms with E-state index in [1.54, 1.807) is 16.4 Å². The maximum atomic E-state index is 6.40. The first-order valence-corrected chi connectivity index (χ1v) is 30.3. The van der Waals surface area contributed by atoms with Crippen molar-refractivity contribution in [3.8, 4) is 28.3 Å². The summed E-state index contributed by atoms with van der Waals surface area (Å²) in [4.78, 5) is 10.0. The first-order chi connectivity index (χ1) is 29.5. The number of nitrogens with zero attached hydrogens (tertiary/aromatic N) is 3. The first kappa shape index (κ1) is 43.0. The van der Waals surface area contributed by atoms with Gasteiger partial charge in [0.1, 0.15) is 5.58 Å². The second-order valence-electron chi connectivity index (χ2n) is 20.1. The zero-order chi connectivity index (χ0) is 42.0. The summed E-state index contributed by atoms with van der Waals surface area (Å²) >= 11 is -1.94. The van der Waals surface area contributed by atoms with Crippen molar-refractivity contribution in [2.24, 2.45) is 29.6 Å². The Balaban J connectivity index is 0.000000159. The van der Waals surface area contributed by atoms with E-state index in [1.165, 1.54) is 48.9 Å². The van der Waals surface area contributed by atoms with Crippen LogP contribution >= 0.6 is 0 Å². The molecule has 6 heteroatoms. The Bertz CT molecular complexity index is 2810. The van der Waals surface area contributed by atoms with Crippen molar-refractivity contribution in [2.45, 2.75) is 95.3 Å². The second-order valence-corrected chi connectivity index (χ2v) is 30.7. The Morgan fingerprint density at radius 3 is 2.08 bits per heavy atom. The SMILES string of the molecule is CC(C)c1cccc(C(C)C)c1-n1c(-c2[c-]ccc3c2oc2ccccc23)nc2ccccc21.[CH3][Ge]([CH3])([CH3])[c]1cnc(-c2[c-]cccc2)cc1CC1C2CC3CC(C2)CC1C3.[Ir]. The monoisotopic (exact) mass is 1060 g/mol. The third-order valence-corrected chi connectivity index (χ3v) is 18.7. The Morgan fingerprint density at radius 2 is 1.40 bits per heavy atom. The van der Waals surface area contributed by atoms with Gasteiger partial charge in [-0.25, -0.2) is 0 Å². The summed E-state index contributed by atoms with van der Waals surface area (Å²) in [6, 6.07) is 44.9. The maximum absolute atomic E-state index is 6.40. The summed E-state index contributed by atoms with van der Waals surface area (Å²) in [5.74, 6) is 14.2. The molecule has 4 aliphatic rings. The molecule has 0 unspecified atom stereocenters. The van der Waals surface area contributed by atoms with E-state index in [9.17, 15) is 0 Å². The predicted octanol–water partition coefficient (Wildman–Crippen LogP) is 14.3. The summed E-state index contributed by atoms with van der Waals surface area (Å²) in [5.41, 5.74) is 12.4. The number of rotatable bonds is 8. The molecule has 3 aromatic heterocycles. The quantitative estimate of drug-likeness (QED) is 0.113. The van der Waals surface area contributed by atoms with Gasteiger partial charge < -0.3 is 8.98 Å². The number of imidazole rings is 1. The summed E-state index contributed by atoms with van der Waals surface area (Å²) in [6.45, 7) is 9.03. The van der Waals surface area contributed by atoms with Gasteiger partial charge in [0.15, 0.2) is 0 Å². The zero-order valence-electron chi connectivity index (χ0n) is 37.3. The first-order valence-electron chi connectivity index (χ1n) is 22.9. The Hall–Kier alpha value is -4.29. The smallest absolute Gasteiger partial charge is 0 e. The van der Waals surface area contributed by atoms with E-state index in [-0.39, 0.29) is 20.1 Å². The van der Waals surface area contributed by atoms with Crippen molar-refractivity contribution >= 4 is 50.6 Å². The van der Waals surface area contributed by atoms with Crippen molar-refractivity contribution in [1.29, 1.82) is 0 Å². The molecule has 319 valence electrons. The van der Waals surface area contributed by atoms with Gasteiger partial charge in [-0.2, -0.15) is 0 Å². The zero-order valence-corrected chi connectivity index (χ0v) is 41.8. The number of aromatic nitrogens is 3. The second kappa shape index (κ2) is 17.4. The molecular weight excluding hydrogens is 995 g/mol. The van der Waals surface area contributed by atoms with Gasteiger partial charge in [-0.15, -0.1) is 18.2 Å². The van der Waals surface area contributed by atoms with Crippen molar-refractivity contribution in [3.63, 3.8) is 0 Å². The molecule has 4 fully saturated rings. The number of benzene rings is 5. The fourth-order valence-electron chi connectivity index (χ4n) is 11.7. The van der Waals surface area contributed by atoms with Gasteiger partial charge in [-0.3, -0.25) is 4.98 Å². The summed E-state index contributed by atoms with van der Waals surface area (Å²) in [5, 5.41) is 2.20. The Morgan fingerprint density at radius 1 is 0.726 bits per heavy atom. The Labute approximate surface area is 384 Å². The molecular formula is C56H59GeIrN3O-2. The fraction of sp³-hybridized carbons (Fsp3) is 0.357. The van der Waals surface area contributed by atoms with E-state index in [2.05, 4.69) is 141 Å². The summed E-state index contributed by atoms with van der Waals surface area (Å²) < 4.78 is 10.4. The van der Waals surface area contributed by atoms with Gasteiger partial charge >= 0.3 is 167 Å². The van der Waals surface area contributed by atoms with E-state index in [1.807, 2.05) is 36.4 Å². The van der Waals surface area contributed by atoms with Gasteiger partial charge in [0.05, 0.1) is 22.4 Å². The van der Waals surface area contributed by atoms with Crippen LogP contribution in [-0.4, -0.2) is 27.8 Å². The van der Waals surface area contributed by atoms with E-state index in [0.29, 0.717) is 11.8 Å². The Kier molecular flexibility index (Phi) is 12.0. The molecule has 1 radical (unpaired) electrons. The van der Waals surface area contributed by atoms with Crippen molar-refractivity contribution in [3.05, 3.63) is 144 Å². The molecule has 4 nitrogen and oxygen atoms in total. The number of fused-ring (bicyclic) bond motifs is 4. The van der Waals surface area contributed by atoms with Gasteiger partial charge in [0.2, 0.25) is 0 Å². The van der Waals surface area contributed by atoms with Crippen LogP contribution in [0, 0.1) is 41.7 Å². The van der Waals surface area contributed by atoms with E-state index in [0.717, 1.165) is 85.2 Å². The molecule has 0 amide bonds. The van der Waals surface area contributed by atoms with Crippen LogP contribution in [0.25, 0.3) is 61.3 Å². The van der Waals surface area contributed by atoms with Crippen molar-refractivity contribution < 1.29 is 24.5 Å². The van der Waals surface area contributed by atoms with Crippen LogP contribution in [-0.2, 0) is 26.5 Å². The minimum absolute atomic E-state index is 0. The van der Waals surface area contributed by atoms with Crippen molar-refractivity contribution in [2.75, 3.05) is 0 Å². The minimum Gasteiger partial charge on any atom is 0 e. The molecule has 0 N–H and O–H groups in total. The van der Waals surface area contributed by atoms with Gasteiger partial charge in [0, 0.05) is 31.2 Å². The van der Waals surface area contributed by atoms with Crippen LogP contribution in [0.5, 0.6) is 0 Å². The van der Waals surface area contributed by atoms with Crippen LogP contribution in [0.3, 0.4) is 0 Å². The van der Waals surface area contributed by atoms with E-state index in [4.69, 9.17) is 14.4 Å². The van der Waals surface area contributed by atoms with E-state index >= 15 is 0 Å². The molecule has 4 saturated carbocycles. The summed E-state index contributed by atoms with van der Waals surface area (Å²) in [6.07, 6.45) is 11.2.